The number of hydrogen-bond acceptors (Lipinski definition) is 3. The predicted octanol–water partition coefficient (Wildman–Crippen LogP) is -0.233. The standard InChI is InChI=1S/C5H11NO2/c1-4(6-2)5(7)8-3/h4,6H,1-3H3/t4-/m1/s1. The number of ether oxygens (including phenoxy) is 1. The molecule has 48 valence electrons. The SMILES string of the molecule is CN[C@H](C)C(=O)OC. The average molecular weight is 117 g/mol. The van der Waals surface area contributed by atoms with Crippen molar-refractivity contribution >= 4 is 5.97 Å². The van der Waals surface area contributed by atoms with Crippen LogP contribution in [0, 0.1) is 0 Å². The topological polar surface area (TPSA) is 38.3 Å². The van der Waals surface area contributed by atoms with E-state index in [1.807, 2.05) is 0 Å². The number of likely N-dealkylation sites (N-methyl/N-ethyl adjacent to an activating group) is 1. The first kappa shape index (κ1) is 7.43. The van der Waals surface area contributed by atoms with Crippen LogP contribution in [0.4, 0.5) is 0 Å². The van der Waals surface area contributed by atoms with Crippen molar-refractivity contribution in [3.05, 3.63) is 0 Å². The summed E-state index contributed by atoms with van der Waals surface area (Å²) in [6, 6.07) is -0.194. The fraction of sp³-hybridized carbons (Fsp3) is 0.800. The van der Waals surface area contributed by atoms with Crippen LogP contribution in [-0.2, 0) is 9.53 Å². The molecule has 0 heterocycles. The highest BCUT2D eigenvalue weighted by atomic mass is 16.5. The lowest BCUT2D eigenvalue weighted by molar-refractivity contribution is -0.142. The van der Waals surface area contributed by atoms with Crippen molar-refractivity contribution < 1.29 is 9.53 Å². The Morgan fingerprint density at radius 2 is 2.25 bits per heavy atom. The van der Waals surface area contributed by atoms with Gasteiger partial charge in [0, 0.05) is 0 Å². The maximum atomic E-state index is 10.5. The first-order valence-electron chi connectivity index (χ1n) is 2.47. The van der Waals surface area contributed by atoms with E-state index in [4.69, 9.17) is 0 Å². The summed E-state index contributed by atoms with van der Waals surface area (Å²) in [6.07, 6.45) is 0. The molecule has 0 saturated heterocycles. The van der Waals surface area contributed by atoms with Gasteiger partial charge in [0.1, 0.15) is 6.04 Å². The lowest BCUT2D eigenvalue weighted by atomic mass is 10.4. The lowest BCUT2D eigenvalue weighted by Crippen LogP contribution is -2.31. The van der Waals surface area contributed by atoms with Crippen LogP contribution in [0.1, 0.15) is 6.92 Å². The minimum atomic E-state index is -0.229. The molecule has 0 aromatic carbocycles. The molecule has 0 saturated carbocycles. The summed E-state index contributed by atoms with van der Waals surface area (Å²) in [7, 11) is 3.08. The summed E-state index contributed by atoms with van der Waals surface area (Å²) in [4.78, 5) is 10.5. The Kier molecular flexibility index (Phi) is 3.19. The van der Waals surface area contributed by atoms with Crippen LogP contribution in [0.15, 0.2) is 0 Å². The maximum Gasteiger partial charge on any atom is 0.322 e. The van der Waals surface area contributed by atoms with E-state index >= 15 is 0 Å². The van der Waals surface area contributed by atoms with Crippen molar-refractivity contribution in [2.75, 3.05) is 14.2 Å². The van der Waals surface area contributed by atoms with Crippen LogP contribution < -0.4 is 5.32 Å². The second-order valence-corrected chi connectivity index (χ2v) is 1.53. The summed E-state index contributed by atoms with van der Waals surface area (Å²) in [5.74, 6) is -0.229. The minimum absolute atomic E-state index is 0.194. The van der Waals surface area contributed by atoms with Gasteiger partial charge in [-0.1, -0.05) is 0 Å². The molecular weight excluding hydrogens is 106 g/mol. The number of esters is 1. The predicted molar refractivity (Wildman–Crippen MR) is 30.5 cm³/mol. The number of methoxy groups -OCH3 is 1. The highest BCUT2D eigenvalue weighted by molar-refractivity contribution is 5.74. The fourth-order valence-electron chi connectivity index (χ4n) is 0.295. The van der Waals surface area contributed by atoms with Gasteiger partial charge in [0.2, 0.25) is 0 Å². The molecule has 0 bridgehead atoms. The maximum absolute atomic E-state index is 10.5. The monoisotopic (exact) mass is 117 g/mol. The van der Waals surface area contributed by atoms with Crippen molar-refractivity contribution in [1.29, 1.82) is 0 Å². The summed E-state index contributed by atoms with van der Waals surface area (Å²) < 4.78 is 4.40. The fourth-order valence-corrected chi connectivity index (χ4v) is 0.295. The zero-order chi connectivity index (χ0) is 6.57. The van der Waals surface area contributed by atoms with Crippen LogP contribution in [0.5, 0.6) is 0 Å². The molecule has 0 aliphatic heterocycles. The van der Waals surface area contributed by atoms with E-state index in [1.165, 1.54) is 7.11 Å². The van der Waals surface area contributed by atoms with Crippen molar-refractivity contribution in [1.82, 2.24) is 5.32 Å². The highest BCUT2D eigenvalue weighted by Crippen LogP contribution is 1.81. The molecule has 1 N–H and O–H groups in total. The van der Waals surface area contributed by atoms with Gasteiger partial charge >= 0.3 is 5.97 Å². The molecule has 3 nitrogen and oxygen atoms in total. The summed E-state index contributed by atoms with van der Waals surface area (Å²) in [5, 5.41) is 2.74. The van der Waals surface area contributed by atoms with Crippen molar-refractivity contribution in [3.63, 3.8) is 0 Å². The normalized spacial score (nSPS) is 12.9. The molecule has 8 heavy (non-hydrogen) atoms. The highest BCUT2D eigenvalue weighted by Gasteiger charge is 2.07. The second kappa shape index (κ2) is 3.43. The molecule has 0 aromatic heterocycles. The molecule has 0 aliphatic rings. The quantitative estimate of drug-likeness (QED) is 0.507. The van der Waals surface area contributed by atoms with Crippen molar-refractivity contribution in [2.45, 2.75) is 13.0 Å². The molecule has 0 rings (SSSR count). The van der Waals surface area contributed by atoms with E-state index < -0.39 is 0 Å². The van der Waals surface area contributed by atoms with Crippen molar-refractivity contribution in [2.24, 2.45) is 0 Å². The third kappa shape index (κ3) is 1.93. The molecule has 0 radical (unpaired) electrons. The Labute approximate surface area is 49.0 Å². The van der Waals surface area contributed by atoms with E-state index in [9.17, 15) is 4.79 Å². The smallest absolute Gasteiger partial charge is 0.322 e. The van der Waals surface area contributed by atoms with E-state index in [0.29, 0.717) is 0 Å². The first-order chi connectivity index (χ1) is 3.72. The third-order valence-electron chi connectivity index (χ3n) is 0.988. The van der Waals surface area contributed by atoms with Gasteiger partial charge in [-0.3, -0.25) is 4.79 Å². The van der Waals surface area contributed by atoms with Gasteiger partial charge in [0.05, 0.1) is 7.11 Å². The first-order valence-corrected chi connectivity index (χ1v) is 2.47. The number of nitrogens with one attached hydrogen (secondary N) is 1. The van der Waals surface area contributed by atoms with Crippen LogP contribution in [0.2, 0.25) is 0 Å². The van der Waals surface area contributed by atoms with Crippen LogP contribution in [0.25, 0.3) is 0 Å². The van der Waals surface area contributed by atoms with Gasteiger partial charge in [-0.2, -0.15) is 0 Å². The van der Waals surface area contributed by atoms with Gasteiger partial charge in [-0.05, 0) is 14.0 Å². The minimum Gasteiger partial charge on any atom is -0.468 e. The lowest BCUT2D eigenvalue weighted by Gasteiger charge is -2.04. The molecule has 0 aromatic rings. The molecule has 3 heteroatoms. The summed E-state index contributed by atoms with van der Waals surface area (Å²) in [5.41, 5.74) is 0. The molecule has 0 aliphatic carbocycles. The van der Waals surface area contributed by atoms with E-state index in [-0.39, 0.29) is 12.0 Å². The van der Waals surface area contributed by atoms with Gasteiger partial charge < -0.3 is 10.1 Å². The van der Waals surface area contributed by atoms with E-state index in [1.54, 1.807) is 14.0 Å². The number of carbonyl (C=O) groups excluding carboxylic acids is 1. The zero-order valence-electron chi connectivity index (χ0n) is 5.39. The second-order valence-electron chi connectivity index (χ2n) is 1.53. The zero-order valence-corrected chi connectivity index (χ0v) is 5.39. The molecular formula is C5H11NO2. The summed E-state index contributed by atoms with van der Waals surface area (Å²) >= 11 is 0. The number of carbonyl (C=O) groups is 1. The largest absolute Gasteiger partial charge is 0.468 e. The Hall–Kier alpha value is -0.570. The molecule has 0 unspecified atom stereocenters. The molecule has 0 fully saturated rings. The van der Waals surface area contributed by atoms with E-state index in [0.717, 1.165) is 0 Å². The van der Waals surface area contributed by atoms with Crippen LogP contribution in [0.3, 0.4) is 0 Å². The average Bonchev–Trinajstić information content (AvgIpc) is 1.84. The van der Waals surface area contributed by atoms with Gasteiger partial charge in [-0.15, -0.1) is 0 Å². The third-order valence-corrected chi connectivity index (χ3v) is 0.988. The summed E-state index contributed by atoms with van der Waals surface area (Å²) in [6.45, 7) is 1.74. The Balaban J connectivity index is 3.46. The van der Waals surface area contributed by atoms with Gasteiger partial charge in [0.25, 0.3) is 0 Å². The van der Waals surface area contributed by atoms with E-state index in [2.05, 4.69) is 10.1 Å². The van der Waals surface area contributed by atoms with Crippen LogP contribution in [-0.4, -0.2) is 26.2 Å². The molecule has 0 amide bonds. The van der Waals surface area contributed by atoms with Crippen LogP contribution >= 0.6 is 0 Å². The Morgan fingerprint density at radius 1 is 1.75 bits per heavy atom. The van der Waals surface area contributed by atoms with Gasteiger partial charge in [-0.25, -0.2) is 0 Å². The number of rotatable bonds is 2. The van der Waals surface area contributed by atoms with Crippen molar-refractivity contribution in [3.8, 4) is 0 Å². The number of hydrogen-bond donors (Lipinski definition) is 1. The Morgan fingerprint density at radius 3 is 2.38 bits per heavy atom. The van der Waals surface area contributed by atoms with Gasteiger partial charge in [0.15, 0.2) is 0 Å². The molecule has 1 atom stereocenters. The Bertz CT molecular complexity index is 82.5. The molecule has 0 spiro atoms.